The molecule has 28 heavy (non-hydrogen) atoms. The van der Waals surface area contributed by atoms with Gasteiger partial charge in [0.1, 0.15) is 6.54 Å². The Bertz CT molecular complexity index is 854. The summed E-state index contributed by atoms with van der Waals surface area (Å²) >= 11 is 1.51. The molecule has 5 nitrogen and oxygen atoms in total. The number of nitrogens with zero attached hydrogens (tertiary/aromatic N) is 1. The van der Waals surface area contributed by atoms with E-state index in [9.17, 15) is 9.59 Å². The van der Waals surface area contributed by atoms with Crippen molar-refractivity contribution < 1.29 is 14.5 Å². The summed E-state index contributed by atoms with van der Waals surface area (Å²) in [4.78, 5) is 28.8. The van der Waals surface area contributed by atoms with Crippen molar-refractivity contribution in [2.75, 3.05) is 37.3 Å². The van der Waals surface area contributed by atoms with Gasteiger partial charge >= 0.3 is 0 Å². The second kappa shape index (κ2) is 9.57. The fourth-order valence-electron chi connectivity index (χ4n) is 3.20. The van der Waals surface area contributed by atoms with Gasteiger partial charge in [-0.3, -0.25) is 9.59 Å². The number of nitrogens with one attached hydrogen (secondary N) is 2. The zero-order valence-electron chi connectivity index (χ0n) is 16.1. The molecule has 1 atom stereocenters. The Morgan fingerprint density at radius 3 is 2.82 bits per heavy atom. The average molecular weight is 397 g/mol. The molecule has 2 amide bonds. The van der Waals surface area contributed by atoms with E-state index >= 15 is 0 Å². The Morgan fingerprint density at radius 1 is 1.29 bits per heavy atom. The maximum atomic E-state index is 12.6. The minimum atomic E-state index is -0.114. The Labute approximate surface area is 170 Å². The largest absolute Gasteiger partial charge is 0.346 e. The SMILES string of the molecule is C=CCN1C(=O)CSc2ccc(C(=O)NCC[NH+](C)Cc3ccccc3)cc21. The lowest BCUT2D eigenvalue weighted by molar-refractivity contribution is -0.892. The quantitative estimate of drug-likeness (QED) is 0.669. The van der Waals surface area contributed by atoms with Crippen molar-refractivity contribution >= 4 is 29.3 Å². The highest BCUT2D eigenvalue weighted by atomic mass is 32.2. The highest BCUT2D eigenvalue weighted by Gasteiger charge is 2.24. The maximum absolute atomic E-state index is 12.6. The van der Waals surface area contributed by atoms with E-state index in [1.165, 1.54) is 22.2 Å². The molecule has 0 fully saturated rings. The molecule has 1 heterocycles. The summed E-state index contributed by atoms with van der Waals surface area (Å²) in [6, 6.07) is 15.9. The summed E-state index contributed by atoms with van der Waals surface area (Å²) < 4.78 is 0. The standard InChI is InChI=1S/C22H25N3O2S/c1-3-12-25-19-14-18(9-10-20(19)28-16-21(25)26)22(27)23-11-13-24(2)15-17-7-5-4-6-8-17/h3-10,14H,1,11-13,15-16H2,2H3,(H,23,27)/p+1. The van der Waals surface area contributed by atoms with Gasteiger partial charge in [0.25, 0.3) is 5.91 Å². The molecule has 1 unspecified atom stereocenters. The van der Waals surface area contributed by atoms with E-state index in [0.29, 0.717) is 24.4 Å². The second-order valence-corrected chi connectivity index (χ2v) is 7.91. The number of likely N-dealkylation sites (N-methyl/N-ethyl adjacent to an activating group) is 1. The molecule has 0 saturated carbocycles. The van der Waals surface area contributed by atoms with Gasteiger partial charge in [0.2, 0.25) is 5.91 Å². The Morgan fingerprint density at radius 2 is 2.07 bits per heavy atom. The third-order valence-corrected chi connectivity index (χ3v) is 5.71. The van der Waals surface area contributed by atoms with Gasteiger partial charge in [0, 0.05) is 22.6 Å². The molecule has 3 rings (SSSR count). The molecule has 0 spiro atoms. The number of carbonyl (C=O) groups is 2. The number of amides is 2. The molecule has 6 heteroatoms. The van der Waals surface area contributed by atoms with Crippen molar-refractivity contribution in [2.45, 2.75) is 11.4 Å². The monoisotopic (exact) mass is 396 g/mol. The van der Waals surface area contributed by atoms with Crippen LogP contribution in [0.1, 0.15) is 15.9 Å². The average Bonchev–Trinajstić information content (AvgIpc) is 2.70. The van der Waals surface area contributed by atoms with Crippen molar-refractivity contribution in [3.63, 3.8) is 0 Å². The van der Waals surface area contributed by atoms with E-state index in [1.54, 1.807) is 17.0 Å². The van der Waals surface area contributed by atoms with Crippen LogP contribution in [0.5, 0.6) is 0 Å². The molecule has 0 saturated heterocycles. The Kier molecular flexibility index (Phi) is 6.90. The number of anilines is 1. The van der Waals surface area contributed by atoms with Crippen molar-refractivity contribution in [2.24, 2.45) is 0 Å². The van der Waals surface area contributed by atoms with Gasteiger partial charge in [-0.25, -0.2) is 0 Å². The van der Waals surface area contributed by atoms with Crippen molar-refractivity contribution in [3.05, 3.63) is 72.3 Å². The first-order valence-electron chi connectivity index (χ1n) is 9.40. The number of thioether (sulfide) groups is 1. The number of rotatable bonds is 8. The summed E-state index contributed by atoms with van der Waals surface area (Å²) in [5, 5.41) is 2.99. The number of quaternary nitrogens is 1. The van der Waals surface area contributed by atoms with Crippen LogP contribution in [0, 0.1) is 0 Å². The molecule has 0 bridgehead atoms. The summed E-state index contributed by atoms with van der Waals surface area (Å²) in [7, 11) is 2.12. The first kappa shape index (κ1) is 20.2. The minimum Gasteiger partial charge on any atom is -0.346 e. The van der Waals surface area contributed by atoms with Gasteiger partial charge in [0.05, 0.1) is 31.6 Å². The van der Waals surface area contributed by atoms with Crippen LogP contribution in [0.15, 0.2) is 66.1 Å². The van der Waals surface area contributed by atoms with Gasteiger partial charge in [-0.2, -0.15) is 0 Å². The first-order valence-corrected chi connectivity index (χ1v) is 10.4. The molecular formula is C22H26N3O2S+. The topological polar surface area (TPSA) is 53.9 Å². The van der Waals surface area contributed by atoms with Gasteiger partial charge in [-0.15, -0.1) is 18.3 Å². The second-order valence-electron chi connectivity index (χ2n) is 6.89. The van der Waals surface area contributed by atoms with Crippen LogP contribution in [0.4, 0.5) is 5.69 Å². The Hall–Kier alpha value is -2.57. The number of hydrogen-bond donors (Lipinski definition) is 2. The van der Waals surface area contributed by atoms with E-state index in [0.717, 1.165) is 23.7 Å². The lowest BCUT2D eigenvalue weighted by Crippen LogP contribution is -3.08. The highest BCUT2D eigenvalue weighted by molar-refractivity contribution is 8.00. The van der Waals surface area contributed by atoms with Crippen LogP contribution < -0.4 is 15.1 Å². The third-order valence-electron chi connectivity index (χ3n) is 4.66. The van der Waals surface area contributed by atoms with Gasteiger partial charge < -0.3 is 15.1 Å². The van der Waals surface area contributed by atoms with Crippen LogP contribution >= 0.6 is 11.8 Å². The van der Waals surface area contributed by atoms with E-state index < -0.39 is 0 Å². The number of benzene rings is 2. The maximum Gasteiger partial charge on any atom is 0.251 e. The molecule has 0 radical (unpaired) electrons. The number of fused-ring (bicyclic) bond motifs is 1. The molecule has 1 aliphatic rings. The smallest absolute Gasteiger partial charge is 0.251 e. The molecule has 146 valence electrons. The van der Waals surface area contributed by atoms with Crippen molar-refractivity contribution in [1.82, 2.24) is 5.32 Å². The molecule has 0 aromatic heterocycles. The number of hydrogen-bond acceptors (Lipinski definition) is 3. The van der Waals surface area contributed by atoms with E-state index in [4.69, 9.17) is 0 Å². The summed E-state index contributed by atoms with van der Waals surface area (Å²) in [5.74, 6) is 0.348. The molecule has 2 aromatic rings. The summed E-state index contributed by atoms with van der Waals surface area (Å²) in [5.41, 5.74) is 2.65. The fourth-order valence-corrected chi connectivity index (χ4v) is 4.11. The molecule has 0 aliphatic carbocycles. The Balaban J connectivity index is 1.57. The number of carbonyl (C=O) groups excluding carboxylic acids is 2. The summed E-state index contributed by atoms with van der Waals surface area (Å²) in [6.07, 6.45) is 1.70. The predicted octanol–water partition coefficient (Wildman–Crippen LogP) is 1.76. The van der Waals surface area contributed by atoms with Crippen molar-refractivity contribution in [1.29, 1.82) is 0 Å². The van der Waals surface area contributed by atoms with Gasteiger partial charge in [-0.05, 0) is 18.2 Å². The van der Waals surface area contributed by atoms with Crippen LogP contribution in [-0.2, 0) is 11.3 Å². The molecule has 2 N–H and O–H groups in total. The van der Waals surface area contributed by atoms with Crippen LogP contribution in [0.3, 0.4) is 0 Å². The van der Waals surface area contributed by atoms with Crippen LogP contribution in [-0.4, -0.2) is 44.2 Å². The lowest BCUT2D eigenvalue weighted by Gasteiger charge is -2.28. The first-order chi connectivity index (χ1) is 13.6. The molecule has 1 aliphatic heterocycles. The van der Waals surface area contributed by atoms with E-state index in [-0.39, 0.29) is 11.8 Å². The van der Waals surface area contributed by atoms with Crippen LogP contribution in [0.25, 0.3) is 0 Å². The van der Waals surface area contributed by atoms with Crippen LogP contribution in [0.2, 0.25) is 0 Å². The van der Waals surface area contributed by atoms with Crippen molar-refractivity contribution in [3.8, 4) is 0 Å². The van der Waals surface area contributed by atoms with Gasteiger partial charge in [-0.1, -0.05) is 36.4 Å². The van der Waals surface area contributed by atoms with E-state index in [2.05, 4.69) is 31.1 Å². The highest BCUT2D eigenvalue weighted by Crippen LogP contribution is 2.35. The molecule has 2 aromatic carbocycles. The predicted molar refractivity (Wildman–Crippen MR) is 114 cm³/mol. The zero-order valence-corrected chi connectivity index (χ0v) is 16.9. The summed E-state index contributed by atoms with van der Waals surface area (Å²) in [6.45, 7) is 6.53. The third kappa shape index (κ3) is 5.03. The van der Waals surface area contributed by atoms with E-state index in [1.807, 2.05) is 30.3 Å². The lowest BCUT2D eigenvalue weighted by atomic mass is 10.1. The fraction of sp³-hybridized carbons (Fsp3) is 0.273. The normalized spacial score (nSPS) is 14.3. The van der Waals surface area contributed by atoms with Gasteiger partial charge in [0.15, 0.2) is 0 Å². The zero-order chi connectivity index (χ0) is 19.9. The minimum absolute atomic E-state index is 0.0427. The molecular weight excluding hydrogens is 370 g/mol.